The second-order valence-corrected chi connectivity index (χ2v) is 8.21. The highest BCUT2D eigenvalue weighted by Crippen LogP contribution is 2.23. The number of aryl methyl sites for hydroxylation is 1. The van der Waals surface area contributed by atoms with E-state index in [1.165, 1.54) is 0 Å². The smallest absolute Gasteiger partial charge is 0.212 e. The predicted molar refractivity (Wildman–Crippen MR) is 97.7 cm³/mol. The van der Waals surface area contributed by atoms with Crippen LogP contribution in [0.1, 0.15) is 31.4 Å². The van der Waals surface area contributed by atoms with E-state index in [-0.39, 0.29) is 5.75 Å². The van der Waals surface area contributed by atoms with E-state index in [9.17, 15) is 8.42 Å². The molecule has 1 N–H and O–H groups in total. The van der Waals surface area contributed by atoms with E-state index in [4.69, 9.17) is 4.74 Å². The molecule has 24 heavy (non-hydrogen) atoms. The Morgan fingerprint density at radius 2 is 1.62 bits per heavy atom. The minimum Gasteiger partial charge on any atom is -0.497 e. The van der Waals surface area contributed by atoms with Crippen LogP contribution in [0.5, 0.6) is 5.75 Å². The summed E-state index contributed by atoms with van der Waals surface area (Å²) in [5, 5.41) is 0. The zero-order chi connectivity index (χ0) is 17.6. The SMILES string of the molecule is COc1ccc(C(C)(C)NS(=O)(=O)CCCc2ccccc2)cc1. The molecule has 2 aromatic carbocycles. The van der Waals surface area contributed by atoms with Gasteiger partial charge in [-0.25, -0.2) is 13.1 Å². The largest absolute Gasteiger partial charge is 0.497 e. The number of hydrogen-bond acceptors (Lipinski definition) is 3. The van der Waals surface area contributed by atoms with Crippen molar-refractivity contribution in [1.29, 1.82) is 0 Å². The number of rotatable bonds is 8. The van der Waals surface area contributed by atoms with Gasteiger partial charge < -0.3 is 4.74 Å². The van der Waals surface area contributed by atoms with Gasteiger partial charge in [0.25, 0.3) is 0 Å². The van der Waals surface area contributed by atoms with Crippen molar-refractivity contribution in [3.05, 3.63) is 65.7 Å². The fourth-order valence-electron chi connectivity index (χ4n) is 2.62. The monoisotopic (exact) mass is 347 g/mol. The Labute approximate surface area is 144 Å². The first-order valence-electron chi connectivity index (χ1n) is 8.02. The quantitative estimate of drug-likeness (QED) is 0.795. The van der Waals surface area contributed by atoms with Gasteiger partial charge in [-0.1, -0.05) is 42.5 Å². The molecule has 0 radical (unpaired) electrons. The van der Waals surface area contributed by atoms with E-state index >= 15 is 0 Å². The highest BCUT2D eigenvalue weighted by molar-refractivity contribution is 7.89. The van der Waals surface area contributed by atoms with Crippen LogP contribution >= 0.6 is 0 Å². The maximum Gasteiger partial charge on any atom is 0.212 e. The van der Waals surface area contributed by atoms with Crippen molar-refractivity contribution in [2.24, 2.45) is 0 Å². The van der Waals surface area contributed by atoms with Gasteiger partial charge in [0.05, 0.1) is 18.4 Å². The molecule has 0 aliphatic rings. The predicted octanol–water partition coefficient (Wildman–Crippen LogP) is 3.48. The Kier molecular flexibility index (Phi) is 6.02. The van der Waals surface area contributed by atoms with Gasteiger partial charge >= 0.3 is 0 Å². The molecule has 5 heteroatoms. The highest BCUT2D eigenvalue weighted by Gasteiger charge is 2.26. The fourth-order valence-corrected chi connectivity index (χ4v) is 4.14. The van der Waals surface area contributed by atoms with E-state index < -0.39 is 15.6 Å². The van der Waals surface area contributed by atoms with Crippen LogP contribution in [0.15, 0.2) is 54.6 Å². The van der Waals surface area contributed by atoms with Crippen LogP contribution in [0.4, 0.5) is 0 Å². The fraction of sp³-hybridized carbons (Fsp3) is 0.368. The Morgan fingerprint density at radius 1 is 1.00 bits per heavy atom. The number of sulfonamides is 1. The second kappa shape index (κ2) is 7.81. The van der Waals surface area contributed by atoms with Gasteiger partial charge in [0.15, 0.2) is 0 Å². The molecule has 0 spiro atoms. The van der Waals surface area contributed by atoms with Crippen molar-refractivity contribution in [1.82, 2.24) is 4.72 Å². The molecular formula is C19H25NO3S. The summed E-state index contributed by atoms with van der Waals surface area (Å²) in [5.41, 5.74) is 1.38. The third-order valence-corrected chi connectivity index (χ3v) is 5.59. The van der Waals surface area contributed by atoms with Gasteiger partial charge in [-0.3, -0.25) is 0 Å². The molecular weight excluding hydrogens is 322 g/mol. The van der Waals surface area contributed by atoms with Gasteiger partial charge in [-0.2, -0.15) is 0 Å². The molecule has 0 saturated carbocycles. The summed E-state index contributed by atoms with van der Waals surface area (Å²) >= 11 is 0. The highest BCUT2D eigenvalue weighted by atomic mass is 32.2. The van der Waals surface area contributed by atoms with Crippen LogP contribution in [0.2, 0.25) is 0 Å². The van der Waals surface area contributed by atoms with E-state index in [2.05, 4.69) is 4.72 Å². The molecule has 0 atom stereocenters. The molecule has 0 heterocycles. The summed E-state index contributed by atoms with van der Waals surface area (Å²) in [4.78, 5) is 0. The lowest BCUT2D eigenvalue weighted by molar-refractivity contribution is 0.413. The van der Waals surface area contributed by atoms with Crippen LogP contribution in [0.25, 0.3) is 0 Å². The molecule has 0 aliphatic carbocycles. The summed E-state index contributed by atoms with van der Waals surface area (Å²) < 4.78 is 32.7. The van der Waals surface area contributed by atoms with Gasteiger partial charge in [-0.15, -0.1) is 0 Å². The maximum atomic E-state index is 12.4. The first-order valence-corrected chi connectivity index (χ1v) is 9.68. The average Bonchev–Trinajstić information content (AvgIpc) is 2.55. The molecule has 0 fully saturated rings. The lowest BCUT2D eigenvalue weighted by Crippen LogP contribution is -2.42. The van der Waals surface area contributed by atoms with Gasteiger partial charge in [-0.05, 0) is 49.9 Å². The number of methoxy groups -OCH3 is 1. The Balaban J connectivity index is 1.96. The number of nitrogens with one attached hydrogen (secondary N) is 1. The van der Waals surface area contributed by atoms with E-state index in [0.717, 1.165) is 23.3 Å². The zero-order valence-electron chi connectivity index (χ0n) is 14.5. The van der Waals surface area contributed by atoms with Crippen molar-refractivity contribution in [3.8, 4) is 5.75 Å². The van der Waals surface area contributed by atoms with Crippen LogP contribution in [0, 0.1) is 0 Å². The molecule has 2 rings (SSSR count). The van der Waals surface area contributed by atoms with Crippen molar-refractivity contribution in [2.45, 2.75) is 32.2 Å². The molecule has 0 saturated heterocycles. The van der Waals surface area contributed by atoms with Crippen LogP contribution in [-0.4, -0.2) is 21.3 Å². The molecule has 0 amide bonds. The summed E-state index contributed by atoms with van der Waals surface area (Å²) in [6.45, 7) is 3.73. The van der Waals surface area contributed by atoms with Crippen molar-refractivity contribution < 1.29 is 13.2 Å². The molecule has 0 aromatic heterocycles. The molecule has 130 valence electrons. The van der Waals surface area contributed by atoms with Gasteiger partial charge in [0.1, 0.15) is 5.75 Å². The topological polar surface area (TPSA) is 55.4 Å². The molecule has 4 nitrogen and oxygen atoms in total. The Bertz CT molecular complexity index is 738. The van der Waals surface area contributed by atoms with Gasteiger partial charge in [0, 0.05) is 0 Å². The first-order chi connectivity index (χ1) is 11.3. The van der Waals surface area contributed by atoms with E-state index in [1.807, 2.05) is 68.4 Å². The van der Waals surface area contributed by atoms with Gasteiger partial charge in [0.2, 0.25) is 10.0 Å². The lowest BCUT2D eigenvalue weighted by Gasteiger charge is -2.26. The molecule has 0 bridgehead atoms. The third kappa shape index (κ3) is 5.35. The average molecular weight is 347 g/mol. The summed E-state index contributed by atoms with van der Waals surface area (Å²) in [7, 11) is -1.75. The maximum absolute atomic E-state index is 12.4. The molecule has 2 aromatic rings. The van der Waals surface area contributed by atoms with Crippen LogP contribution in [0.3, 0.4) is 0 Å². The van der Waals surface area contributed by atoms with E-state index in [0.29, 0.717) is 6.42 Å². The van der Waals surface area contributed by atoms with E-state index in [1.54, 1.807) is 7.11 Å². The van der Waals surface area contributed by atoms with Crippen molar-refractivity contribution >= 4 is 10.0 Å². The summed E-state index contributed by atoms with van der Waals surface area (Å²) in [6, 6.07) is 17.4. The molecule has 0 aliphatic heterocycles. The second-order valence-electron chi connectivity index (χ2n) is 6.36. The Morgan fingerprint density at radius 3 is 2.21 bits per heavy atom. The van der Waals surface area contributed by atoms with Crippen molar-refractivity contribution in [2.75, 3.05) is 12.9 Å². The lowest BCUT2D eigenvalue weighted by atomic mass is 9.96. The number of ether oxygens (including phenoxy) is 1. The number of hydrogen-bond donors (Lipinski definition) is 1. The Hall–Kier alpha value is -1.85. The summed E-state index contributed by atoms with van der Waals surface area (Å²) in [5.74, 6) is 0.863. The van der Waals surface area contributed by atoms with Crippen molar-refractivity contribution in [3.63, 3.8) is 0 Å². The standard InChI is InChI=1S/C19H25NO3S/c1-19(2,17-11-13-18(23-3)14-12-17)20-24(21,22)15-7-10-16-8-5-4-6-9-16/h4-6,8-9,11-14,20H,7,10,15H2,1-3H3. The summed E-state index contributed by atoms with van der Waals surface area (Å²) in [6.07, 6.45) is 1.35. The normalized spacial score (nSPS) is 12.1. The first kappa shape index (κ1) is 18.5. The third-order valence-electron chi connectivity index (χ3n) is 3.94. The molecule has 0 unspecified atom stereocenters. The zero-order valence-corrected chi connectivity index (χ0v) is 15.3. The van der Waals surface area contributed by atoms with Crippen LogP contribution in [-0.2, 0) is 22.0 Å². The van der Waals surface area contributed by atoms with Crippen LogP contribution < -0.4 is 9.46 Å². The number of benzene rings is 2. The minimum atomic E-state index is -3.35. The minimum absolute atomic E-state index is 0.113.